The highest BCUT2D eigenvalue weighted by Crippen LogP contribution is 2.34. The molecule has 3 aromatic heterocycles. The molecule has 0 unspecified atom stereocenters. The summed E-state index contributed by atoms with van der Waals surface area (Å²) in [5.74, 6) is 0.438. The number of furan rings is 1. The van der Waals surface area contributed by atoms with Crippen LogP contribution >= 0.6 is 35.4 Å². The molecule has 2 N–H and O–H groups in total. The molecule has 0 atom stereocenters. The Morgan fingerprint density at radius 3 is 2.71 bits per heavy atom. The van der Waals surface area contributed by atoms with Crippen molar-refractivity contribution >= 4 is 63.2 Å². The van der Waals surface area contributed by atoms with Crippen molar-refractivity contribution in [2.45, 2.75) is 0 Å². The van der Waals surface area contributed by atoms with Crippen molar-refractivity contribution in [3.8, 4) is 22.8 Å². The minimum atomic E-state index is -0.511. The van der Waals surface area contributed by atoms with E-state index < -0.39 is 5.91 Å². The number of carbonyl (C=O) groups is 1. The molecule has 0 aliphatic carbocycles. The number of oxazole rings is 1. The van der Waals surface area contributed by atoms with E-state index in [0.29, 0.717) is 44.0 Å². The van der Waals surface area contributed by atoms with Gasteiger partial charge in [-0.15, -0.1) is 0 Å². The largest absolute Gasteiger partial charge is 0.451 e. The number of halogens is 2. The van der Waals surface area contributed by atoms with Crippen molar-refractivity contribution in [1.82, 2.24) is 15.3 Å². The lowest BCUT2D eigenvalue weighted by Gasteiger charge is -2.08. The number of amides is 1. The first kappa shape index (κ1) is 22.1. The fourth-order valence-electron chi connectivity index (χ4n) is 3.24. The summed E-state index contributed by atoms with van der Waals surface area (Å²) in [6.07, 6.45) is 3.36. The van der Waals surface area contributed by atoms with E-state index in [4.69, 9.17) is 44.3 Å². The van der Waals surface area contributed by atoms with Crippen LogP contribution < -0.4 is 10.6 Å². The normalized spacial score (nSPS) is 10.9. The number of hydrogen-bond acceptors (Lipinski definition) is 6. The molecule has 0 saturated heterocycles. The van der Waals surface area contributed by atoms with Gasteiger partial charge in [0, 0.05) is 23.6 Å². The summed E-state index contributed by atoms with van der Waals surface area (Å²) in [5.41, 5.74) is 3.23. The van der Waals surface area contributed by atoms with E-state index in [0.717, 1.165) is 5.56 Å². The number of thiocarbonyl (C=S) groups is 1. The van der Waals surface area contributed by atoms with Crippen LogP contribution in [0.1, 0.15) is 10.6 Å². The Bertz CT molecular complexity index is 1530. The summed E-state index contributed by atoms with van der Waals surface area (Å²) < 4.78 is 11.4. The van der Waals surface area contributed by atoms with Crippen LogP contribution in [-0.2, 0) is 0 Å². The lowest BCUT2D eigenvalue weighted by Crippen LogP contribution is -2.33. The fraction of sp³-hybridized carbons (Fsp3) is 0. The van der Waals surface area contributed by atoms with Gasteiger partial charge in [0.2, 0.25) is 5.89 Å². The third-order valence-electron chi connectivity index (χ3n) is 4.83. The van der Waals surface area contributed by atoms with Gasteiger partial charge < -0.3 is 14.2 Å². The van der Waals surface area contributed by atoms with Gasteiger partial charge in [0.15, 0.2) is 16.5 Å². The van der Waals surface area contributed by atoms with E-state index >= 15 is 0 Å². The van der Waals surface area contributed by atoms with E-state index in [1.54, 1.807) is 54.9 Å². The predicted molar refractivity (Wildman–Crippen MR) is 135 cm³/mol. The average molecular weight is 509 g/mol. The fourth-order valence-corrected chi connectivity index (χ4v) is 3.85. The van der Waals surface area contributed by atoms with Crippen molar-refractivity contribution in [3.05, 3.63) is 88.9 Å². The maximum atomic E-state index is 12.6. The van der Waals surface area contributed by atoms with Gasteiger partial charge in [-0.05, 0) is 66.8 Å². The number of aromatic nitrogens is 2. The third kappa shape index (κ3) is 4.51. The van der Waals surface area contributed by atoms with Crippen molar-refractivity contribution in [1.29, 1.82) is 0 Å². The van der Waals surface area contributed by atoms with Crippen LogP contribution in [0, 0.1) is 0 Å². The number of nitrogens with zero attached hydrogens (tertiary/aromatic N) is 2. The zero-order valence-electron chi connectivity index (χ0n) is 17.2. The highest BCUT2D eigenvalue weighted by molar-refractivity contribution is 7.80. The summed E-state index contributed by atoms with van der Waals surface area (Å²) in [6, 6.07) is 17.3. The Kier molecular flexibility index (Phi) is 6.02. The molecule has 34 heavy (non-hydrogen) atoms. The maximum Gasteiger partial charge on any atom is 0.293 e. The minimum Gasteiger partial charge on any atom is -0.451 e. The molecule has 7 nitrogen and oxygen atoms in total. The number of anilines is 1. The molecule has 0 saturated carbocycles. The lowest BCUT2D eigenvalue weighted by molar-refractivity contribution is 0.0951. The topological polar surface area (TPSA) is 93.2 Å². The van der Waals surface area contributed by atoms with Crippen molar-refractivity contribution in [3.63, 3.8) is 0 Å². The van der Waals surface area contributed by atoms with Gasteiger partial charge in [0.05, 0.1) is 15.6 Å². The summed E-state index contributed by atoms with van der Waals surface area (Å²) in [5, 5.41) is 6.39. The third-order valence-corrected chi connectivity index (χ3v) is 5.85. The lowest BCUT2D eigenvalue weighted by atomic mass is 10.2. The van der Waals surface area contributed by atoms with Gasteiger partial charge in [-0.25, -0.2) is 4.98 Å². The molecule has 3 heterocycles. The van der Waals surface area contributed by atoms with E-state index in [9.17, 15) is 4.79 Å². The Balaban J connectivity index is 1.27. The standard InChI is InChI=1S/C24H14Cl2N4O3S/c25-16-5-1-4-15(21(16)26)18-8-9-20(32-18)22(31)30-24(34)28-14-6-7-19-17(11-14)29-23(33-19)13-3-2-10-27-12-13/h1-12H,(H2,28,30,31,34). The van der Waals surface area contributed by atoms with Crippen LogP contribution in [0.5, 0.6) is 0 Å². The summed E-state index contributed by atoms with van der Waals surface area (Å²) in [7, 11) is 0. The molecule has 168 valence electrons. The van der Waals surface area contributed by atoms with Gasteiger partial charge in [0.25, 0.3) is 5.91 Å². The number of pyridine rings is 1. The summed E-state index contributed by atoms with van der Waals surface area (Å²) >= 11 is 17.6. The second-order valence-corrected chi connectivity index (χ2v) is 8.31. The van der Waals surface area contributed by atoms with Gasteiger partial charge in [-0.1, -0.05) is 29.3 Å². The monoisotopic (exact) mass is 508 g/mol. The van der Waals surface area contributed by atoms with E-state index in [1.807, 2.05) is 12.1 Å². The number of rotatable bonds is 4. The van der Waals surface area contributed by atoms with Crippen molar-refractivity contribution in [2.75, 3.05) is 5.32 Å². The second-order valence-electron chi connectivity index (χ2n) is 7.12. The van der Waals surface area contributed by atoms with E-state index in [1.165, 1.54) is 6.07 Å². The molecule has 0 aliphatic rings. The molecule has 0 radical (unpaired) electrons. The Hall–Kier alpha value is -3.72. The van der Waals surface area contributed by atoms with Crippen molar-refractivity contribution in [2.24, 2.45) is 0 Å². The van der Waals surface area contributed by atoms with Crippen LogP contribution in [-0.4, -0.2) is 21.0 Å². The molecular weight excluding hydrogens is 495 g/mol. The average Bonchev–Trinajstić information content (AvgIpc) is 3.49. The van der Waals surface area contributed by atoms with Crippen LogP contribution in [0.2, 0.25) is 10.0 Å². The highest BCUT2D eigenvalue weighted by Gasteiger charge is 2.16. The zero-order valence-corrected chi connectivity index (χ0v) is 19.5. The second kappa shape index (κ2) is 9.26. The first-order valence-corrected chi connectivity index (χ1v) is 11.1. The Labute approximate surface area is 208 Å². The first-order chi connectivity index (χ1) is 16.5. The minimum absolute atomic E-state index is 0.0725. The van der Waals surface area contributed by atoms with Gasteiger partial charge in [-0.2, -0.15) is 0 Å². The number of carbonyl (C=O) groups excluding carboxylic acids is 1. The molecule has 1 amide bonds. The van der Waals surface area contributed by atoms with Crippen LogP contribution in [0.15, 0.2) is 81.9 Å². The molecule has 0 spiro atoms. The molecule has 10 heteroatoms. The van der Waals surface area contributed by atoms with Gasteiger partial charge in [-0.3, -0.25) is 15.1 Å². The molecular formula is C24H14Cl2N4O3S. The number of hydrogen-bond donors (Lipinski definition) is 2. The van der Waals surface area contributed by atoms with Crippen LogP contribution in [0.25, 0.3) is 33.9 Å². The maximum absolute atomic E-state index is 12.6. The molecule has 5 aromatic rings. The molecule has 0 bridgehead atoms. The summed E-state index contributed by atoms with van der Waals surface area (Å²) in [6.45, 7) is 0. The van der Waals surface area contributed by atoms with Crippen LogP contribution in [0.4, 0.5) is 5.69 Å². The molecule has 2 aromatic carbocycles. The predicted octanol–water partition coefficient (Wildman–Crippen LogP) is 6.58. The number of fused-ring (bicyclic) bond motifs is 1. The van der Waals surface area contributed by atoms with Gasteiger partial charge >= 0.3 is 0 Å². The first-order valence-electron chi connectivity index (χ1n) is 9.95. The van der Waals surface area contributed by atoms with E-state index in [-0.39, 0.29) is 10.9 Å². The summed E-state index contributed by atoms with van der Waals surface area (Å²) in [4.78, 5) is 21.2. The quantitative estimate of drug-likeness (QED) is 0.264. The SMILES string of the molecule is O=C(NC(=S)Nc1ccc2oc(-c3cccnc3)nc2c1)c1ccc(-c2cccc(Cl)c2Cl)o1. The Morgan fingerprint density at radius 2 is 1.88 bits per heavy atom. The smallest absolute Gasteiger partial charge is 0.293 e. The molecule has 0 fully saturated rings. The van der Waals surface area contributed by atoms with Crippen molar-refractivity contribution < 1.29 is 13.6 Å². The van der Waals surface area contributed by atoms with Gasteiger partial charge in [0.1, 0.15) is 11.3 Å². The Morgan fingerprint density at radius 1 is 1.00 bits per heavy atom. The molecule has 0 aliphatic heterocycles. The van der Waals surface area contributed by atoms with Crippen LogP contribution in [0.3, 0.4) is 0 Å². The molecule has 5 rings (SSSR count). The zero-order chi connectivity index (χ0) is 23.7. The number of nitrogens with one attached hydrogen (secondary N) is 2. The highest BCUT2D eigenvalue weighted by atomic mass is 35.5. The van der Waals surface area contributed by atoms with E-state index in [2.05, 4.69) is 20.6 Å². The number of benzene rings is 2.